The summed E-state index contributed by atoms with van der Waals surface area (Å²) >= 11 is 0. The fourth-order valence-corrected chi connectivity index (χ4v) is 1.99. The van der Waals surface area contributed by atoms with E-state index in [2.05, 4.69) is 20.8 Å². The maximum Gasteiger partial charge on any atom is 0.0289 e. The third kappa shape index (κ3) is 1.96. The van der Waals surface area contributed by atoms with Gasteiger partial charge >= 0.3 is 0 Å². The van der Waals surface area contributed by atoms with Crippen molar-refractivity contribution < 1.29 is 5.21 Å². The Morgan fingerprint density at radius 2 is 2.10 bits per heavy atom. The van der Waals surface area contributed by atoms with Crippen molar-refractivity contribution in [3.8, 4) is 0 Å². The van der Waals surface area contributed by atoms with Crippen molar-refractivity contribution in [2.45, 2.75) is 27.2 Å². The molecule has 0 bridgehead atoms. The minimum atomic E-state index is 0.298. The first-order chi connectivity index (χ1) is 4.49. The third-order valence-corrected chi connectivity index (χ3v) is 2.03. The van der Waals surface area contributed by atoms with Crippen LogP contribution in [0.15, 0.2) is 0 Å². The Kier molecular flexibility index (Phi) is 2.02. The largest absolute Gasteiger partial charge is 0.314 e. The number of piperidine rings is 1. The molecule has 1 unspecified atom stereocenters. The van der Waals surface area contributed by atoms with E-state index in [0.29, 0.717) is 11.3 Å². The average Bonchev–Trinajstić information content (AvgIpc) is 1.54. The van der Waals surface area contributed by atoms with Gasteiger partial charge in [0.25, 0.3) is 0 Å². The van der Waals surface area contributed by atoms with E-state index in [0.717, 1.165) is 13.1 Å². The minimum Gasteiger partial charge on any atom is -0.314 e. The van der Waals surface area contributed by atoms with E-state index in [9.17, 15) is 5.21 Å². The second kappa shape index (κ2) is 2.51. The molecule has 1 aliphatic rings. The van der Waals surface area contributed by atoms with Gasteiger partial charge in [0.05, 0.1) is 0 Å². The van der Waals surface area contributed by atoms with Crippen molar-refractivity contribution in [1.29, 1.82) is 0 Å². The summed E-state index contributed by atoms with van der Waals surface area (Å²) < 4.78 is 0. The van der Waals surface area contributed by atoms with Gasteiger partial charge in [0.2, 0.25) is 0 Å². The first kappa shape index (κ1) is 8.02. The monoisotopic (exact) mass is 143 g/mol. The fourth-order valence-electron chi connectivity index (χ4n) is 1.99. The highest BCUT2D eigenvalue weighted by Crippen LogP contribution is 2.30. The molecule has 0 aliphatic carbocycles. The molecule has 60 valence electrons. The van der Waals surface area contributed by atoms with E-state index >= 15 is 0 Å². The van der Waals surface area contributed by atoms with Crippen LogP contribution in [0, 0.1) is 11.3 Å². The predicted molar refractivity (Wildman–Crippen MR) is 40.9 cm³/mol. The normalized spacial score (nSPS) is 34.2. The Morgan fingerprint density at radius 1 is 1.50 bits per heavy atom. The molecule has 2 heteroatoms. The molecule has 1 aliphatic heterocycles. The highest BCUT2D eigenvalue weighted by molar-refractivity contribution is 4.79. The van der Waals surface area contributed by atoms with Crippen LogP contribution in [0.2, 0.25) is 0 Å². The zero-order valence-electron chi connectivity index (χ0n) is 7.09. The smallest absolute Gasteiger partial charge is 0.0289 e. The number of nitrogens with zero attached hydrogens (tertiary/aromatic N) is 1. The molecule has 1 saturated heterocycles. The standard InChI is InChI=1S/C8H17NO/c1-7-4-8(2,3)6-9(10)5-7/h7,10H,4-6H2,1-3H3. The van der Waals surface area contributed by atoms with E-state index < -0.39 is 0 Å². The summed E-state index contributed by atoms with van der Waals surface area (Å²) in [6.07, 6.45) is 1.23. The number of hydroxylamine groups is 2. The average molecular weight is 143 g/mol. The second-order valence-electron chi connectivity index (χ2n) is 4.32. The van der Waals surface area contributed by atoms with E-state index in [1.165, 1.54) is 11.5 Å². The van der Waals surface area contributed by atoms with Gasteiger partial charge in [-0.15, -0.1) is 0 Å². The van der Waals surface area contributed by atoms with Gasteiger partial charge in [0, 0.05) is 13.1 Å². The van der Waals surface area contributed by atoms with Gasteiger partial charge in [-0.2, -0.15) is 5.06 Å². The lowest BCUT2D eigenvalue weighted by Crippen LogP contribution is -2.41. The van der Waals surface area contributed by atoms with Crippen LogP contribution in [0.4, 0.5) is 0 Å². The Balaban J connectivity index is 2.51. The Labute approximate surface area is 62.8 Å². The molecule has 0 spiro atoms. The molecular formula is C8H17NO. The lowest BCUT2D eigenvalue weighted by Gasteiger charge is -2.38. The summed E-state index contributed by atoms with van der Waals surface area (Å²) in [6.45, 7) is 8.24. The molecule has 1 fully saturated rings. The molecule has 0 saturated carbocycles. The molecule has 1 rings (SSSR count). The summed E-state index contributed by atoms with van der Waals surface area (Å²) in [5.41, 5.74) is 0.298. The van der Waals surface area contributed by atoms with Crippen LogP contribution >= 0.6 is 0 Å². The zero-order valence-corrected chi connectivity index (χ0v) is 7.09. The number of hydrogen-bond donors (Lipinski definition) is 1. The Morgan fingerprint density at radius 3 is 2.50 bits per heavy atom. The molecule has 0 aromatic rings. The highest BCUT2D eigenvalue weighted by atomic mass is 16.5. The molecule has 1 heterocycles. The van der Waals surface area contributed by atoms with Crippen molar-refractivity contribution in [2.75, 3.05) is 13.1 Å². The van der Waals surface area contributed by atoms with Gasteiger partial charge in [-0.3, -0.25) is 0 Å². The van der Waals surface area contributed by atoms with Gasteiger partial charge in [-0.1, -0.05) is 20.8 Å². The van der Waals surface area contributed by atoms with Gasteiger partial charge in [0.1, 0.15) is 0 Å². The lowest BCUT2D eigenvalue weighted by atomic mass is 9.80. The first-order valence-electron chi connectivity index (χ1n) is 3.93. The molecule has 1 N–H and O–H groups in total. The van der Waals surface area contributed by atoms with Crippen molar-refractivity contribution in [3.05, 3.63) is 0 Å². The number of hydrogen-bond acceptors (Lipinski definition) is 2. The van der Waals surface area contributed by atoms with Gasteiger partial charge in [-0.25, -0.2) is 0 Å². The highest BCUT2D eigenvalue weighted by Gasteiger charge is 2.29. The third-order valence-electron chi connectivity index (χ3n) is 2.03. The summed E-state index contributed by atoms with van der Waals surface area (Å²) in [5, 5.41) is 10.7. The lowest BCUT2D eigenvalue weighted by molar-refractivity contribution is -0.146. The van der Waals surface area contributed by atoms with Gasteiger partial charge in [0.15, 0.2) is 0 Å². The van der Waals surface area contributed by atoms with Crippen LogP contribution in [0.3, 0.4) is 0 Å². The summed E-state index contributed by atoms with van der Waals surface area (Å²) in [4.78, 5) is 0. The second-order valence-corrected chi connectivity index (χ2v) is 4.32. The predicted octanol–water partition coefficient (Wildman–Crippen LogP) is 1.74. The maximum atomic E-state index is 9.25. The van der Waals surface area contributed by atoms with Crippen molar-refractivity contribution in [2.24, 2.45) is 11.3 Å². The molecule has 1 atom stereocenters. The SMILES string of the molecule is CC1CN(O)CC(C)(C)C1. The van der Waals surface area contributed by atoms with Crippen LogP contribution in [0.5, 0.6) is 0 Å². The molecule has 0 aromatic carbocycles. The summed E-state index contributed by atoms with van der Waals surface area (Å²) in [5.74, 6) is 0.633. The van der Waals surface area contributed by atoms with Crippen LogP contribution in [-0.2, 0) is 0 Å². The molecule has 0 aromatic heterocycles. The molecular weight excluding hydrogens is 126 g/mol. The van der Waals surface area contributed by atoms with Gasteiger partial charge < -0.3 is 5.21 Å². The maximum absolute atomic E-state index is 9.25. The zero-order chi connectivity index (χ0) is 7.78. The van der Waals surface area contributed by atoms with E-state index in [1.807, 2.05) is 0 Å². The number of rotatable bonds is 0. The van der Waals surface area contributed by atoms with Crippen LogP contribution in [0.25, 0.3) is 0 Å². The molecule has 2 nitrogen and oxygen atoms in total. The topological polar surface area (TPSA) is 23.5 Å². The Bertz CT molecular complexity index is 110. The minimum absolute atomic E-state index is 0.298. The van der Waals surface area contributed by atoms with Crippen molar-refractivity contribution >= 4 is 0 Å². The summed E-state index contributed by atoms with van der Waals surface area (Å²) in [7, 11) is 0. The van der Waals surface area contributed by atoms with Crippen LogP contribution in [-0.4, -0.2) is 23.4 Å². The quantitative estimate of drug-likeness (QED) is 0.558. The van der Waals surface area contributed by atoms with Crippen LogP contribution in [0.1, 0.15) is 27.2 Å². The van der Waals surface area contributed by atoms with E-state index in [4.69, 9.17) is 0 Å². The van der Waals surface area contributed by atoms with E-state index in [1.54, 1.807) is 0 Å². The van der Waals surface area contributed by atoms with Crippen LogP contribution < -0.4 is 0 Å². The Hall–Kier alpha value is -0.0800. The molecule has 10 heavy (non-hydrogen) atoms. The van der Waals surface area contributed by atoms with E-state index in [-0.39, 0.29) is 0 Å². The first-order valence-corrected chi connectivity index (χ1v) is 3.93. The molecule has 0 radical (unpaired) electrons. The van der Waals surface area contributed by atoms with Gasteiger partial charge in [-0.05, 0) is 17.8 Å². The van der Waals surface area contributed by atoms with Crippen molar-refractivity contribution in [3.63, 3.8) is 0 Å². The summed E-state index contributed by atoms with van der Waals surface area (Å²) in [6, 6.07) is 0. The molecule has 0 amide bonds. The fraction of sp³-hybridized carbons (Fsp3) is 1.00. The van der Waals surface area contributed by atoms with Crippen molar-refractivity contribution in [1.82, 2.24) is 5.06 Å².